The van der Waals surface area contributed by atoms with Crippen molar-refractivity contribution in [2.45, 2.75) is 43.6 Å². The Hall–Kier alpha value is -0.960. The van der Waals surface area contributed by atoms with Gasteiger partial charge in [-0.3, -0.25) is 4.79 Å². The van der Waals surface area contributed by atoms with Crippen molar-refractivity contribution < 1.29 is 17.9 Å². The van der Waals surface area contributed by atoms with E-state index < -0.39 is 10.0 Å². The number of amides is 1. The fourth-order valence-electron chi connectivity index (χ4n) is 3.85. The summed E-state index contributed by atoms with van der Waals surface area (Å²) in [4.78, 5) is 15.1. The maximum Gasteiger partial charge on any atom is 0.243 e. The van der Waals surface area contributed by atoms with Gasteiger partial charge in [0.1, 0.15) is 0 Å². The molecule has 1 amide bonds. The molecule has 2 fully saturated rings. The number of benzene rings is 1. The molecule has 6 nitrogen and oxygen atoms in total. The van der Waals surface area contributed by atoms with E-state index in [2.05, 4.69) is 15.9 Å². The van der Waals surface area contributed by atoms with E-state index in [1.165, 1.54) is 4.31 Å². The quantitative estimate of drug-likeness (QED) is 0.679. The molecular weight excluding hydrogens is 432 g/mol. The molecule has 0 aliphatic carbocycles. The van der Waals surface area contributed by atoms with Crippen LogP contribution < -0.4 is 0 Å². The predicted molar refractivity (Wildman–Crippen MR) is 107 cm³/mol. The second-order valence-electron chi connectivity index (χ2n) is 7.14. The zero-order valence-corrected chi connectivity index (χ0v) is 18.0. The van der Waals surface area contributed by atoms with Crippen molar-refractivity contribution in [3.8, 4) is 0 Å². The number of rotatable bonds is 5. The number of sulfonamides is 1. The highest BCUT2D eigenvalue weighted by Crippen LogP contribution is 2.27. The molecule has 2 saturated heterocycles. The SMILES string of the molecule is CCOC1CCN(C(=O)C2CCCN(S(=O)(=O)c3ccc(Br)cc3)C2)CC1. The monoisotopic (exact) mass is 458 g/mol. The van der Waals surface area contributed by atoms with Gasteiger partial charge in [-0.15, -0.1) is 0 Å². The molecule has 0 bridgehead atoms. The van der Waals surface area contributed by atoms with Gasteiger partial charge >= 0.3 is 0 Å². The Kier molecular flexibility index (Phi) is 6.94. The van der Waals surface area contributed by atoms with Gasteiger partial charge in [0.15, 0.2) is 0 Å². The lowest BCUT2D eigenvalue weighted by atomic mass is 9.96. The van der Waals surface area contributed by atoms with Gasteiger partial charge < -0.3 is 9.64 Å². The number of ether oxygens (including phenoxy) is 1. The highest BCUT2D eigenvalue weighted by atomic mass is 79.9. The molecule has 0 saturated carbocycles. The van der Waals surface area contributed by atoms with Crippen LogP contribution in [0.5, 0.6) is 0 Å². The molecule has 0 spiro atoms. The van der Waals surface area contributed by atoms with Crippen LogP contribution in [0.4, 0.5) is 0 Å². The van der Waals surface area contributed by atoms with Crippen LogP contribution in [0.15, 0.2) is 33.6 Å². The van der Waals surface area contributed by atoms with Crippen LogP contribution in [0.1, 0.15) is 32.6 Å². The molecule has 1 aromatic carbocycles. The summed E-state index contributed by atoms with van der Waals surface area (Å²) in [6.45, 7) is 4.81. The van der Waals surface area contributed by atoms with Crippen LogP contribution >= 0.6 is 15.9 Å². The third-order valence-electron chi connectivity index (χ3n) is 5.34. The second-order valence-corrected chi connectivity index (χ2v) is 9.99. The first-order valence-corrected chi connectivity index (χ1v) is 11.8. The summed E-state index contributed by atoms with van der Waals surface area (Å²) in [5, 5.41) is 0. The van der Waals surface area contributed by atoms with E-state index in [1.807, 2.05) is 11.8 Å². The van der Waals surface area contributed by atoms with Crippen LogP contribution in [0.3, 0.4) is 0 Å². The van der Waals surface area contributed by atoms with Crippen LogP contribution in [-0.4, -0.2) is 62.4 Å². The summed E-state index contributed by atoms with van der Waals surface area (Å²) in [6.07, 6.45) is 3.40. The number of hydrogen-bond donors (Lipinski definition) is 0. The zero-order valence-electron chi connectivity index (χ0n) is 15.6. The lowest BCUT2D eigenvalue weighted by Crippen LogP contribution is -2.49. The number of nitrogens with zero attached hydrogens (tertiary/aromatic N) is 2. The average Bonchev–Trinajstić information content (AvgIpc) is 2.69. The molecule has 1 atom stereocenters. The first-order chi connectivity index (χ1) is 12.9. The Morgan fingerprint density at radius 3 is 2.44 bits per heavy atom. The van der Waals surface area contributed by atoms with Gasteiger partial charge in [0.2, 0.25) is 15.9 Å². The molecule has 1 aromatic rings. The Balaban J connectivity index is 1.64. The maximum atomic E-state index is 12.9. The van der Waals surface area contributed by atoms with E-state index in [0.717, 1.165) is 23.7 Å². The van der Waals surface area contributed by atoms with E-state index in [9.17, 15) is 13.2 Å². The van der Waals surface area contributed by atoms with E-state index in [0.29, 0.717) is 32.7 Å². The highest BCUT2D eigenvalue weighted by Gasteiger charge is 2.36. The van der Waals surface area contributed by atoms with E-state index in [4.69, 9.17) is 4.74 Å². The zero-order chi connectivity index (χ0) is 19.4. The molecule has 2 aliphatic rings. The minimum absolute atomic E-state index is 0.0839. The van der Waals surface area contributed by atoms with Crippen LogP contribution in [-0.2, 0) is 19.6 Å². The Labute approximate surface area is 170 Å². The van der Waals surface area contributed by atoms with Crippen molar-refractivity contribution in [3.05, 3.63) is 28.7 Å². The molecule has 27 heavy (non-hydrogen) atoms. The third kappa shape index (κ3) is 4.91. The lowest BCUT2D eigenvalue weighted by molar-refractivity contribution is -0.139. The summed E-state index contributed by atoms with van der Waals surface area (Å²) in [5.74, 6) is -0.173. The van der Waals surface area contributed by atoms with Gasteiger partial charge in [-0.25, -0.2) is 8.42 Å². The topological polar surface area (TPSA) is 66.9 Å². The number of piperidine rings is 2. The molecule has 8 heteroatoms. The number of carbonyl (C=O) groups excluding carboxylic acids is 1. The summed E-state index contributed by atoms with van der Waals surface area (Å²) in [5.41, 5.74) is 0. The smallest absolute Gasteiger partial charge is 0.243 e. The molecular formula is C19H27BrN2O4S. The van der Waals surface area contributed by atoms with Crippen LogP contribution in [0, 0.1) is 5.92 Å². The van der Waals surface area contributed by atoms with Gasteiger partial charge in [0.25, 0.3) is 0 Å². The first kappa shape index (κ1) is 20.8. The minimum atomic E-state index is -3.57. The molecule has 0 N–H and O–H groups in total. The molecule has 150 valence electrons. The van der Waals surface area contributed by atoms with Gasteiger partial charge in [0.05, 0.1) is 16.9 Å². The van der Waals surface area contributed by atoms with E-state index in [-0.39, 0.29) is 29.4 Å². The predicted octanol–water partition coefficient (Wildman–Crippen LogP) is 2.88. The number of halogens is 1. The largest absolute Gasteiger partial charge is 0.378 e. The van der Waals surface area contributed by atoms with Gasteiger partial charge in [-0.05, 0) is 56.9 Å². The average molecular weight is 459 g/mol. The first-order valence-electron chi connectivity index (χ1n) is 9.58. The molecule has 0 aromatic heterocycles. The summed E-state index contributed by atoms with van der Waals surface area (Å²) in [7, 11) is -3.57. The molecule has 1 unspecified atom stereocenters. The second kappa shape index (κ2) is 9.03. The van der Waals surface area contributed by atoms with Crippen molar-refractivity contribution >= 4 is 31.9 Å². The van der Waals surface area contributed by atoms with Crippen molar-refractivity contribution in [2.24, 2.45) is 5.92 Å². The molecule has 0 radical (unpaired) electrons. The summed E-state index contributed by atoms with van der Waals surface area (Å²) >= 11 is 3.33. The lowest BCUT2D eigenvalue weighted by Gasteiger charge is -2.37. The number of carbonyl (C=O) groups is 1. The van der Waals surface area contributed by atoms with E-state index in [1.54, 1.807) is 24.3 Å². The minimum Gasteiger partial charge on any atom is -0.378 e. The molecule has 2 heterocycles. The Morgan fingerprint density at radius 1 is 1.15 bits per heavy atom. The molecule has 2 aliphatic heterocycles. The number of likely N-dealkylation sites (tertiary alicyclic amines) is 1. The van der Waals surface area contributed by atoms with Crippen LogP contribution in [0.2, 0.25) is 0 Å². The molecule has 3 rings (SSSR count). The van der Waals surface area contributed by atoms with E-state index >= 15 is 0 Å². The summed E-state index contributed by atoms with van der Waals surface area (Å²) < 4.78 is 33.8. The van der Waals surface area contributed by atoms with Gasteiger partial charge in [0, 0.05) is 37.3 Å². The van der Waals surface area contributed by atoms with Gasteiger partial charge in [-0.2, -0.15) is 4.31 Å². The van der Waals surface area contributed by atoms with Crippen molar-refractivity contribution in [1.29, 1.82) is 0 Å². The fraction of sp³-hybridized carbons (Fsp3) is 0.632. The highest BCUT2D eigenvalue weighted by molar-refractivity contribution is 9.10. The van der Waals surface area contributed by atoms with Crippen LogP contribution in [0.25, 0.3) is 0 Å². The normalized spacial score (nSPS) is 22.7. The van der Waals surface area contributed by atoms with Crippen molar-refractivity contribution in [2.75, 3.05) is 32.8 Å². The van der Waals surface area contributed by atoms with Crippen molar-refractivity contribution in [1.82, 2.24) is 9.21 Å². The Morgan fingerprint density at radius 2 is 1.81 bits per heavy atom. The Bertz CT molecular complexity index is 745. The fourth-order valence-corrected chi connectivity index (χ4v) is 5.64. The standard InChI is InChI=1S/C19H27BrN2O4S/c1-2-26-17-9-12-21(13-10-17)19(23)15-4-3-11-22(14-15)27(24,25)18-7-5-16(20)6-8-18/h5-8,15,17H,2-4,9-14H2,1H3. The number of hydrogen-bond acceptors (Lipinski definition) is 4. The van der Waals surface area contributed by atoms with Gasteiger partial charge in [-0.1, -0.05) is 15.9 Å². The van der Waals surface area contributed by atoms with Crippen molar-refractivity contribution in [3.63, 3.8) is 0 Å². The summed E-state index contributed by atoms with van der Waals surface area (Å²) in [6, 6.07) is 6.65. The third-order valence-corrected chi connectivity index (χ3v) is 7.75. The maximum absolute atomic E-state index is 12.9.